The molecule has 1 aliphatic heterocycles. The molecule has 142 valence electrons. The fourth-order valence-electron chi connectivity index (χ4n) is 3.59. The lowest BCUT2D eigenvalue weighted by molar-refractivity contribution is 0.0313. The fraction of sp³-hybridized carbons (Fsp3) is 0.381. The maximum Gasteiger partial charge on any atom is 0.254 e. The zero-order chi connectivity index (χ0) is 18.6. The van der Waals surface area contributed by atoms with Crippen molar-refractivity contribution in [2.75, 3.05) is 32.8 Å². The quantitative estimate of drug-likeness (QED) is 0.728. The highest BCUT2D eigenvalue weighted by Gasteiger charge is 2.15. The van der Waals surface area contributed by atoms with E-state index in [0.717, 1.165) is 38.6 Å². The van der Waals surface area contributed by atoms with Crippen molar-refractivity contribution in [2.24, 2.45) is 0 Å². The van der Waals surface area contributed by atoms with Crippen molar-refractivity contribution in [1.82, 2.24) is 14.8 Å². The topological polar surface area (TPSA) is 59.6 Å². The van der Waals surface area contributed by atoms with Gasteiger partial charge in [-0.05, 0) is 30.5 Å². The van der Waals surface area contributed by atoms with Crippen LogP contribution in [0.1, 0.15) is 21.8 Å². The van der Waals surface area contributed by atoms with E-state index in [1.807, 2.05) is 18.2 Å². The first-order chi connectivity index (χ1) is 13.2. The number of hydrogen-bond donors (Lipinski definition) is 1. The predicted molar refractivity (Wildman–Crippen MR) is 104 cm³/mol. The molecule has 6 heteroatoms. The van der Waals surface area contributed by atoms with Gasteiger partial charge in [0.05, 0.1) is 25.3 Å². The molecule has 2 aromatic heterocycles. The molecule has 0 bridgehead atoms. The Morgan fingerprint density at radius 2 is 2.00 bits per heavy atom. The monoisotopic (exact) mass is 367 g/mol. The molecule has 1 aliphatic rings. The lowest BCUT2D eigenvalue weighted by atomic mass is 10.2. The minimum atomic E-state index is -0.0962. The summed E-state index contributed by atoms with van der Waals surface area (Å²) >= 11 is 0. The first-order valence-corrected chi connectivity index (χ1v) is 9.41. The number of morpholine rings is 1. The van der Waals surface area contributed by atoms with Crippen LogP contribution in [-0.2, 0) is 17.8 Å². The molecule has 0 radical (unpaired) electrons. The summed E-state index contributed by atoms with van der Waals surface area (Å²) in [6.45, 7) is 7.41. The van der Waals surface area contributed by atoms with E-state index in [-0.39, 0.29) is 5.91 Å². The number of para-hydroxylation sites is 1. The van der Waals surface area contributed by atoms with Crippen molar-refractivity contribution in [2.45, 2.75) is 20.0 Å². The molecule has 0 unspecified atom stereocenters. The smallest absolute Gasteiger partial charge is 0.254 e. The average Bonchev–Trinajstić information content (AvgIpc) is 3.27. The predicted octanol–water partition coefficient (Wildman–Crippen LogP) is 2.80. The van der Waals surface area contributed by atoms with Gasteiger partial charge in [-0.15, -0.1) is 0 Å². The van der Waals surface area contributed by atoms with Gasteiger partial charge in [0, 0.05) is 37.4 Å². The second kappa shape index (κ2) is 7.98. The van der Waals surface area contributed by atoms with Crippen molar-refractivity contribution in [1.29, 1.82) is 0 Å². The van der Waals surface area contributed by atoms with Gasteiger partial charge in [0.1, 0.15) is 12.0 Å². The molecule has 1 amide bonds. The van der Waals surface area contributed by atoms with Gasteiger partial charge in [-0.1, -0.05) is 18.2 Å². The van der Waals surface area contributed by atoms with Crippen LogP contribution in [0.15, 0.2) is 47.1 Å². The van der Waals surface area contributed by atoms with E-state index in [4.69, 9.17) is 9.15 Å². The number of hydrogen-bond acceptors (Lipinski definition) is 4. The van der Waals surface area contributed by atoms with Crippen LogP contribution in [0.2, 0.25) is 0 Å². The van der Waals surface area contributed by atoms with Gasteiger partial charge in [0.15, 0.2) is 0 Å². The molecule has 1 N–H and O–H groups in total. The van der Waals surface area contributed by atoms with Crippen LogP contribution in [0.5, 0.6) is 0 Å². The third kappa shape index (κ3) is 4.07. The fourth-order valence-corrected chi connectivity index (χ4v) is 3.59. The van der Waals surface area contributed by atoms with Crippen molar-refractivity contribution in [3.63, 3.8) is 0 Å². The molecule has 0 spiro atoms. The first kappa shape index (κ1) is 17.8. The van der Waals surface area contributed by atoms with Gasteiger partial charge in [-0.25, -0.2) is 0 Å². The number of benzene rings is 1. The number of ether oxygens (including phenoxy) is 1. The van der Waals surface area contributed by atoms with Gasteiger partial charge >= 0.3 is 0 Å². The number of furan rings is 1. The molecule has 0 aliphatic carbocycles. The minimum Gasteiger partial charge on any atom is -0.467 e. The number of carbonyl (C=O) groups excluding carboxylic acids is 1. The largest absolute Gasteiger partial charge is 0.467 e. The number of fused-ring (bicyclic) bond motifs is 1. The Morgan fingerprint density at radius 1 is 1.19 bits per heavy atom. The van der Waals surface area contributed by atoms with E-state index in [1.165, 1.54) is 16.6 Å². The van der Waals surface area contributed by atoms with Gasteiger partial charge in [0.2, 0.25) is 0 Å². The van der Waals surface area contributed by atoms with Crippen molar-refractivity contribution >= 4 is 16.8 Å². The molecule has 0 atom stereocenters. The molecule has 1 aromatic carbocycles. The van der Waals surface area contributed by atoms with E-state index < -0.39 is 0 Å². The molecule has 4 rings (SSSR count). The molecule has 1 saturated heterocycles. The van der Waals surface area contributed by atoms with Gasteiger partial charge in [0.25, 0.3) is 5.91 Å². The second-order valence-corrected chi connectivity index (χ2v) is 6.94. The SMILES string of the molecule is Cc1cc2ccccc2n1CCNC(=O)c1coc(CN2CCOCC2)c1. The summed E-state index contributed by atoms with van der Waals surface area (Å²) in [6, 6.07) is 12.3. The van der Waals surface area contributed by atoms with Crippen molar-refractivity contribution < 1.29 is 13.9 Å². The highest BCUT2D eigenvalue weighted by Crippen LogP contribution is 2.18. The number of aryl methyl sites for hydroxylation is 1. The Bertz CT molecular complexity index is 922. The van der Waals surface area contributed by atoms with Crippen LogP contribution in [0.4, 0.5) is 0 Å². The third-order valence-corrected chi connectivity index (χ3v) is 5.04. The Balaban J connectivity index is 1.32. The number of nitrogens with one attached hydrogen (secondary N) is 1. The number of amides is 1. The highest BCUT2D eigenvalue weighted by atomic mass is 16.5. The molecular weight excluding hydrogens is 342 g/mol. The zero-order valence-electron chi connectivity index (χ0n) is 15.6. The summed E-state index contributed by atoms with van der Waals surface area (Å²) in [6.07, 6.45) is 1.54. The Hall–Kier alpha value is -2.57. The summed E-state index contributed by atoms with van der Waals surface area (Å²) < 4.78 is 13.2. The summed E-state index contributed by atoms with van der Waals surface area (Å²) in [5, 5.41) is 4.22. The van der Waals surface area contributed by atoms with Crippen LogP contribution in [-0.4, -0.2) is 48.2 Å². The molecular formula is C21H25N3O3. The van der Waals surface area contributed by atoms with Crippen LogP contribution in [0, 0.1) is 6.92 Å². The van der Waals surface area contributed by atoms with Crippen LogP contribution < -0.4 is 5.32 Å². The first-order valence-electron chi connectivity index (χ1n) is 9.41. The Labute approximate surface area is 158 Å². The zero-order valence-corrected chi connectivity index (χ0v) is 15.6. The molecule has 3 aromatic rings. The normalized spacial score (nSPS) is 15.3. The summed E-state index contributed by atoms with van der Waals surface area (Å²) in [7, 11) is 0. The van der Waals surface area contributed by atoms with E-state index in [2.05, 4.69) is 39.9 Å². The number of aromatic nitrogens is 1. The summed E-state index contributed by atoms with van der Waals surface area (Å²) in [4.78, 5) is 14.7. The Kier molecular flexibility index (Phi) is 5.27. The maximum atomic E-state index is 12.4. The number of carbonyl (C=O) groups is 1. The number of nitrogens with zero attached hydrogens (tertiary/aromatic N) is 2. The summed E-state index contributed by atoms with van der Waals surface area (Å²) in [5.74, 6) is 0.718. The molecule has 3 heterocycles. The molecule has 6 nitrogen and oxygen atoms in total. The standard InChI is InChI=1S/C21H25N3O3/c1-16-12-17-4-2-3-5-20(17)24(16)7-6-22-21(25)18-13-19(27-15-18)14-23-8-10-26-11-9-23/h2-5,12-13,15H,6-11,14H2,1H3,(H,22,25). The average molecular weight is 367 g/mol. The molecule has 0 saturated carbocycles. The minimum absolute atomic E-state index is 0.0962. The maximum absolute atomic E-state index is 12.4. The van der Waals surface area contributed by atoms with Crippen molar-refractivity contribution in [3.8, 4) is 0 Å². The lowest BCUT2D eigenvalue weighted by Gasteiger charge is -2.25. The Morgan fingerprint density at radius 3 is 2.85 bits per heavy atom. The van der Waals surface area contributed by atoms with Crippen LogP contribution >= 0.6 is 0 Å². The van der Waals surface area contributed by atoms with E-state index >= 15 is 0 Å². The van der Waals surface area contributed by atoms with Crippen LogP contribution in [0.25, 0.3) is 10.9 Å². The lowest BCUT2D eigenvalue weighted by Crippen LogP contribution is -2.35. The van der Waals surface area contributed by atoms with Gasteiger partial charge < -0.3 is 19.0 Å². The molecule has 27 heavy (non-hydrogen) atoms. The van der Waals surface area contributed by atoms with Gasteiger partial charge in [-0.3, -0.25) is 9.69 Å². The van der Waals surface area contributed by atoms with Crippen molar-refractivity contribution in [3.05, 3.63) is 59.7 Å². The summed E-state index contributed by atoms with van der Waals surface area (Å²) in [5.41, 5.74) is 2.97. The second-order valence-electron chi connectivity index (χ2n) is 6.94. The van der Waals surface area contributed by atoms with Gasteiger partial charge in [-0.2, -0.15) is 0 Å². The van der Waals surface area contributed by atoms with E-state index in [0.29, 0.717) is 18.7 Å². The third-order valence-electron chi connectivity index (χ3n) is 5.04. The number of rotatable bonds is 6. The van der Waals surface area contributed by atoms with E-state index in [1.54, 1.807) is 6.26 Å². The van der Waals surface area contributed by atoms with E-state index in [9.17, 15) is 4.79 Å². The highest BCUT2D eigenvalue weighted by molar-refractivity contribution is 5.94. The van der Waals surface area contributed by atoms with Crippen LogP contribution in [0.3, 0.4) is 0 Å². The molecule has 1 fully saturated rings.